The van der Waals surface area contributed by atoms with Gasteiger partial charge >= 0.3 is 0 Å². The van der Waals surface area contributed by atoms with Crippen molar-refractivity contribution >= 4 is 29.0 Å². The Morgan fingerprint density at radius 1 is 1.28 bits per heavy atom. The second-order valence-electron chi connectivity index (χ2n) is 3.69. The van der Waals surface area contributed by atoms with E-state index in [0.717, 1.165) is 0 Å². The lowest BCUT2D eigenvalue weighted by atomic mass is 10.2. The van der Waals surface area contributed by atoms with Crippen LogP contribution < -0.4 is 0 Å². The van der Waals surface area contributed by atoms with Gasteiger partial charge in [0.1, 0.15) is 5.76 Å². The van der Waals surface area contributed by atoms with Crippen molar-refractivity contribution in [1.82, 2.24) is 0 Å². The molecule has 0 aliphatic rings. The van der Waals surface area contributed by atoms with Crippen molar-refractivity contribution in [2.45, 2.75) is 13.3 Å². The van der Waals surface area contributed by atoms with Gasteiger partial charge in [0, 0.05) is 12.0 Å². The summed E-state index contributed by atoms with van der Waals surface area (Å²) in [5.41, 5.74) is 0.529. The van der Waals surface area contributed by atoms with E-state index in [1.54, 1.807) is 19.1 Å². The van der Waals surface area contributed by atoms with E-state index >= 15 is 0 Å². The van der Waals surface area contributed by atoms with Crippen LogP contribution in [0.3, 0.4) is 0 Å². The molecule has 5 heteroatoms. The summed E-state index contributed by atoms with van der Waals surface area (Å²) in [4.78, 5) is 11.4. The van der Waals surface area contributed by atoms with Crippen LogP contribution in [0.25, 0.3) is 11.3 Å². The van der Waals surface area contributed by atoms with Gasteiger partial charge in [-0.25, -0.2) is 4.39 Å². The van der Waals surface area contributed by atoms with E-state index in [0.29, 0.717) is 17.7 Å². The number of hydrogen-bond acceptors (Lipinski definition) is 2. The number of furan rings is 1. The minimum Gasteiger partial charge on any atom is -0.453 e. The molecule has 0 aliphatic carbocycles. The van der Waals surface area contributed by atoms with Gasteiger partial charge in [-0.3, -0.25) is 4.79 Å². The normalized spacial score (nSPS) is 10.7. The minimum atomic E-state index is -0.668. The van der Waals surface area contributed by atoms with Gasteiger partial charge in [0.2, 0.25) is 0 Å². The Kier molecular flexibility index (Phi) is 3.73. The monoisotopic (exact) mass is 286 g/mol. The van der Waals surface area contributed by atoms with E-state index in [1.807, 2.05) is 0 Å². The molecule has 1 heterocycles. The molecule has 0 radical (unpaired) electrons. The van der Waals surface area contributed by atoms with Gasteiger partial charge in [0.15, 0.2) is 17.4 Å². The van der Waals surface area contributed by atoms with Crippen molar-refractivity contribution in [3.8, 4) is 11.3 Å². The highest BCUT2D eigenvalue weighted by Crippen LogP contribution is 2.31. The van der Waals surface area contributed by atoms with Crippen LogP contribution in [-0.4, -0.2) is 5.78 Å². The molecule has 0 N–H and O–H groups in total. The molecule has 0 saturated carbocycles. The summed E-state index contributed by atoms with van der Waals surface area (Å²) in [6.07, 6.45) is 0.359. The molecule has 18 heavy (non-hydrogen) atoms. The summed E-state index contributed by atoms with van der Waals surface area (Å²) >= 11 is 11.4. The fraction of sp³-hybridized carbons (Fsp3) is 0.154. The number of carbonyl (C=O) groups is 1. The lowest BCUT2D eigenvalue weighted by Gasteiger charge is -2.01. The van der Waals surface area contributed by atoms with Crippen LogP contribution in [0.15, 0.2) is 28.7 Å². The molecule has 0 atom stereocenters. The number of carbonyl (C=O) groups excluding carboxylic acids is 1. The number of hydrogen-bond donors (Lipinski definition) is 0. The average molecular weight is 287 g/mol. The zero-order valence-electron chi connectivity index (χ0n) is 9.47. The Morgan fingerprint density at radius 2 is 1.89 bits per heavy atom. The van der Waals surface area contributed by atoms with E-state index in [2.05, 4.69) is 0 Å². The lowest BCUT2D eigenvalue weighted by Crippen LogP contribution is -1.92. The zero-order chi connectivity index (χ0) is 13.3. The van der Waals surface area contributed by atoms with Gasteiger partial charge < -0.3 is 4.42 Å². The second kappa shape index (κ2) is 5.12. The number of rotatable bonds is 3. The molecule has 0 amide bonds. The van der Waals surface area contributed by atoms with E-state index < -0.39 is 5.82 Å². The highest BCUT2D eigenvalue weighted by Gasteiger charge is 2.13. The Morgan fingerprint density at radius 3 is 2.44 bits per heavy atom. The largest absolute Gasteiger partial charge is 0.453 e. The van der Waals surface area contributed by atoms with Crippen molar-refractivity contribution < 1.29 is 13.6 Å². The maximum absolute atomic E-state index is 13.3. The first kappa shape index (κ1) is 13.1. The van der Waals surface area contributed by atoms with Crippen LogP contribution in [0.1, 0.15) is 23.9 Å². The van der Waals surface area contributed by atoms with Gasteiger partial charge in [-0.1, -0.05) is 30.1 Å². The van der Waals surface area contributed by atoms with Crippen LogP contribution >= 0.6 is 23.2 Å². The molecular weight excluding hydrogens is 278 g/mol. The van der Waals surface area contributed by atoms with Gasteiger partial charge in [-0.15, -0.1) is 0 Å². The fourth-order valence-corrected chi connectivity index (χ4v) is 2.00. The van der Waals surface area contributed by atoms with Crippen molar-refractivity contribution in [2.24, 2.45) is 0 Å². The molecule has 0 unspecified atom stereocenters. The fourth-order valence-electron chi connectivity index (χ4n) is 1.51. The molecule has 2 rings (SSSR count). The smallest absolute Gasteiger partial charge is 0.197 e. The van der Waals surface area contributed by atoms with Crippen LogP contribution in [-0.2, 0) is 0 Å². The van der Waals surface area contributed by atoms with E-state index in [1.165, 1.54) is 12.1 Å². The Bertz CT molecular complexity index is 582. The summed E-state index contributed by atoms with van der Waals surface area (Å²) in [7, 11) is 0. The van der Waals surface area contributed by atoms with Crippen molar-refractivity contribution in [2.75, 3.05) is 0 Å². The van der Waals surface area contributed by atoms with Crippen LogP contribution in [0.4, 0.5) is 4.39 Å². The minimum absolute atomic E-state index is 0.0859. The van der Waals surface area contributed by atoms with Crippen molar-refractivity contribution in [3.05, 3.63) is 45.9 Å². The number of ketones is 1. The number of Topliss-reactive ketones (excluding diaryl/α,β-unsaturated/α-hetero) is 1. The quantitative estimate of drug-likeness (QED) is 0.588. The van der Waals surface area contributed by atoms with E-state index in [9.17, 15) is 9.18 Å². The second-order valence-corrected chi connectivity index (χ2v) is 4.51. The topological polar surface area (TPSA) is 30.2 Å². The predicted molar refractivity (Wildman–Crippen MR) is 68.7 cm³/mol. The van der Waals surface area contributed by atoms with Gasteiger partial charge in [-0.05, 0) is 24.3 Å². The Labute approximate surface area is 113 Å². The molecular formula is C13H9Cl2FO2. The standard InChI is InChI=1S/C13H9Cl2FO2/c1-2-10(17)12-4-3-11(18-12)7-5-8(14)13(16)9(15)6-7/h3-6H,2H2,1H3. The molecule has 0 fully saturated rings. The average Bonchev–Trinajstić information content (AvgIpc) is 2.84. The molecule has 2 aromatic rings. The first-order valence-electron chi connectivity index (χ1n) is 5.31. The molecule has 0 bridgehead atoms. The summed E-state index contributed by atoms with van der Waals surface area (Å²) in [5, 5.41) is -0.172. The third kappa shape index (κ3) is 2.42. The van der Waals surface area contributed by atoms with E-state index in [4.69, 9.17) is 27.6 Å². The summed E-state index contributed by atoms with van der Waals surface area (Å²) in [5.74, 6) is -0.0706. The third-order valence-electron chi connectivity index (χ3n) is 2.47. The maximum Gasteiger partial charge on any atom is 0.197 e. The maximum atomic E-state index is 13.3. The van der Waals surface area contributed by atoms with Gasteiger partial charge in [0.05, 0.1) is 10.0 Å². The van der Waals surface area contributed by atoms with Crippen LogP contribution in [0.5, 0.6) is 0 Å². The SMILES string of the molecule is CCC(=O)c1ccc(-c2cc(Cl)c(F)c(Cl)c2)o1. The third-order valence-corrected chi connectivity index (χ3v) is 3.02. The van der Waals surface area contributed by atoms with Crippen LogP contribution in [0.2, 0.25) is 10.0 Å². The predicted octanol–water partition coefficient (Wildman–Crippen LogP) is 4.99. The number of benzene rings is 1. The lowest BCUT2D eigenvalue weighted by molar-refractivity contribution is 0.0962. The highest BCUT2D eigenvalue weighted by atomic mass is 35.5. The first-order chi connectivity index (χ1) is 8.52. The highest BCUT2D eigenvalue weighted by molar-refractivity contribution is 6.35. The molecule has 1 aromatic carbocycles. The van der Waals surface area contributed by atoms with Crippen molar-refractivity contribution in [1.29, 1.82) is 0 Å². The molecule has 94 valence electrons. The molecule has 1 aromatic heterocycles. The Hall–Kier alpha value is -1.32. The van der Waals surface area contributed by atoms with Gasteiger partial charge in [-0.2, -0.15) is 0 Å². The molecule has 2 nitrogen and oxygen atoms in total. The molecule has 0 saturated heterocycles. The van der Waals surface area contributed by atoms with Crippen molar-refractivity contribution in [3.63, 3.8) is 0 Å². The van der Waals surface area contributed by atoms with E-state index in [-0.39, 0.29) is 21.6 Å². The molecule has 0 spiro atoms. The van der Waals surface area contributed by atoms with Crippen LogP contribution in [0, 0.1) is 5.82 Å². The summed E-state index contributed by atoms with van der Waals surface area (Å²) in [6.45, 7) is 1.75. The first-order valence-corrected chi connectivity index (χ1v) is 6.06. The Balaban J connectivity index is 2.43. The number of halogens is 3. The molecule has 0 aliphatic heterocycles. The summed E-state index contributed by atoms with van der Waals surface area (Å²) < 4.78 is 18.6. The summed E-state index contributed by atoms with van der Waals surface area (Å²) in [6, 6.07) is 6.01. The zero-order valence-corrected chi connectivity index (χ0v) is 11.0. The van der Waals surface area contributed by atoms with Gasteiger partial charge in [0.25, 0.3) is 0 Å².